The van der Waals surface area contributed by atoms with E-state index in [2.05, 4.69) is 31.1 Å². The molecule has 0 saturated heterocycles. The number of nitrogens with one attached hydrogen (secondary N) is 3. The number of carbonyl (C=O) groups excluding carboxylic acids is 1. The first-order chi connectivity index (χ1) is 15.3. The van der Waals surface area contributed by atoms with E-state index >= 15 is 0 Å². The Morgan fingerprint density at radius 3 is 2.10 bits per heavy atom. The molecule has 4 rings (SSSR count). The summed E-state index contributed by atoms with van der Waals surface area (Å²) >= 11 is 0. The quantitative estimate of drug-likeness (QED) is 0.379. The summed E-state index contributed by atoms with van der Waals surface area (Å²) in [5, 5.41) is 17.5. The van der Waals surface area contributed by atoms with Crippen molar-refractivity contribution in [2.24, 2.45) is 0 Å². The molecule has 0 radical (unpaired) electrons. The third kappa shape index (κ3) is 5.63. The number of carbonyl (C=O) groups is 1. The van der Waals surface area contributed by atoms with Crippen LogP contribution < -0.4 is 16.0 Å². The maximum atomic E-state index is 12.3. The number of hydrogen-bond donors (Lipinski definition) is 3. The van der Waals surface area contributed by atoms with Crippen LogP contribution >= 0.6 is 0 Å². The molecular weight excluding hydrogens is 388 g/mol. The van der Waals surface area contributed by atoms with Crippen molar-refractivity contribution in [3.63, 3.8) is 0 Å². The fourth-order valence-corrected chi connectivity index (χ4v) is 2.99. The normalized spacial score (nSPS) is 10.3. The van der Waals surface area contributed by atoms with Gasteiger partial charge in [-0.1, -0.05) is 42.5 Å². The van der Waals surface area contributed by atoms with E-state index in [0.29, 0.717) is 30.3 Å². The van der Waals surface area contributed by atoms with E-state index in [1.165, 1.54) is 0 Å². The van der Waals surface area contributed by atoms with Crippen LogP contribution in [0.5, 0.6) is 0 Å². The highest BCUT2D eigenvalue weighted by atomic mass is 16.1. The summed E-state index contributed by atoms with van der Waals surface area (Å²) in [6.45, 7) is 1.01. The number of pyridine rings is 1. The fraction of sp³-hybridized carbons (Fsp3) is 0.0833. The molecule has 0 atom stereocenters. The van der Waals surface area contributed by atoms with Gasteiger partial charge in [0.25, 0.3) is 5.91 Å². The molecule has 2 heterocycles. The minimum atomic E-state index is -0.107. The molecule has 0 fully saturated rings. The summed E-state index contributed by atoms with van der Waals surface area (Å²) in [5.74, 6) is 1.18. The SMILES string of the molecule is O=C(NCCNc1ccc(Nc2ccncc2)nn1)c1ccc(-c2ccccc2)cc1. The lowest BCUT2D eigenvalue weighted by atomic mass is 10.0. The lowest BCUT2D eigenvalue weighted by Gasteiger charge is -2.09. The van der Waals surface area contributed by atoms with Crippen LogP contribution in [0, 0.1) is 0 Å². The molecule has 7 heteroatoms. The van der Waals surface area contributed by atoms with Gasteiger partial charge in [-0.15, -0.1) is 10.2 Å². The average Bonchev–Trinajstić information content (AvgIpc) is 2.84. The van der Waals surface area contributed by atoms with Crippen LogP contribution in [0.1, 0.15) is 10.4 Å². The van der Waals surface area contributed by atoms with Crippen molar-refractivity contribution in [3.05, 3.63) is 96.8 Å². The van der Waals surface area contributed by atoms with Gasteiger partial charge in [0, 0.05) is 36.7 Å². The Labute approximate surface area is 180 Å². The summed E-state index contributed by atoms with van der Waals surface area (Å²) in [6, 6.07) is 25.0. The van der Waals surface area contributed by atoms with Crippen LogP contribution in [0.2, 0.25) is 0 Å². The number of nitrogens with zero attached hydrogens (tertiary/aromatic N) is 3. The third-order valence-corrected chi connectivity index (χ3v) is 4.59. The number of hydrogen-bond acceptors (Lipinski definition) is 6. The fourth-order valence-electron chi connectivity index (χ4n) is 2.99. The highest BCUT2D eigenvalue weighted by molar-refractivity contribution is 5.94. The number of anilines is 3. The van der Waals surface area contributed by atoms with Crippen molar-refractivity contribution in [1.29, 1.82) is 0 Å². The first kappa shape index (κ1) is 20.0. The Bertz CT molecular complexity index is 1100. The lowest BCUT2D eigenvalue weighted by molar-refractivity contribution is 0.0955. The van der Waals surface area contributed by atoms with Crippen LogP contribution in [0.3, 0.4) is 0 Å². The molecule has 2 aromatic carbocycles. The molecule has 0 bridgehead atoms. The molecular formula is C24H22N6O. The van der Waals surface area contributed by atoms with Gasteiger partial charge in [0.2, 0.25) is 0 Å². The minimum absolute atomic E-state index is 0.107. The van der Waals surface area contributed by atoms with Gasteiger partial charge in [-0.05, 0) is 47.5 Å². The van der Waals surface area contributed by atoms with Crippen molar-refractivity contribution in [2.45, 2.75) is 0 Å². The monoisotopic (exact) mass is 410 g/mol. The maximum absolute atomic E-state index is 12.3. The number of benzene rings is 2. The minimum Gasteiger partial charge on any atom is -0.367 e. The standard InChI is InChI=1S/C24H22N6O/c31-24(20-8-6-19(7-9-20)18-4-2-1-3-5-18)27-17-16-26-22-10-11-23(30-29-22)28-21-12-14-25-15-13-21/h1-15H,16-17H2,(H,26,29)(H,27,31)(H,25,28,30). The van der Waals surface area contributed by atoms with Gasteiger partial charge in [-0.2, -0.15) is 0 Å². The predicted molar refractivity (Wildman–Crippen MR) is 122 cm³/mol. The number of aromatic nitrogens is 3. The second kappa shape index (κ2) is 9.98. The largest absolute Gasteiger partial charge is 0.367 e. The molecule has 154 valence electrons. The Morgan fingerprint density at radius 2 is 1.39 bits per heavy atom. The van der Waals surface area contributed by atoms with Gasteiger partial charge < -0.3 is 16.0 Å². The summed E-state index contributed by atoms with van der Waals surface area (Å²) in [7, 11) is 0. The Hall–Kier alpha value is -4.26. The molecule has 3 N–H and O–H groups in total. The van der Waals surface area contributed by atoms with Crippen LogP contribution in [0.25, 0.3) is 11.1 Å². The molecule has 2 aromatic heterocycles. The first-order valence-corrected chi connectivity index (χ1v) is 9.96. The summed E-state index contributed by atoms with van der Waals surface area (Å²) in [5.41, 5.74) is 3.73. The third-order valence-electron chi connectivity index (χ3n) is 4.59. The lowest BCUT2D eigenvalue weighted by Crippen LogP contribution is -2.28. The molecule has 7 nitrogen and oxygen atoms in total. The molecule has 0 saturated carbocycles. The van der Waals surface area contributed by atoms with Crippen molar-refractivity contribution in [2.75, 3.05) is 23.7 Å². The van der Waals surface area contributed by atoms with E-state index in [1.807, 2.05) is 78.9 Å². The van der Waals surface area contributed by atoms with Crippen molar-refractivity contribution < 1.29 is 4.79 Å². The summed E-state index contributed by atoms with van der Waals surface area (Å²) in [6.07, 6.45) is 3.41. The zero-order valence-corrected chi connectivity index (χ0v) is 16.8. The maximum Gasteiger partial charge on any atom is 0.251 e. The molecule has 0 aliphatic heterocycles. The highest BCUT2D eigenvalue weighted by Gasteiger charge is 2.05. The predicted octanol–water partition coefficient (Wildman–Crippen LogP) is 4.12. The van der Waals surface area contributed by atoms with Gasteiger partial charge in [0.15, 0.2) is 5.82 Å². The molecule has 0 aliphatic rings. The van der Waals surface area contributed by atoms with Crippen LogP contribution in [0.15, 0.2) is 91.3 Å². The zero-order valence-electron chi connectivity index (χ0n) is 16.8. The highest BCUT2D eigenvalue weighted by Crippen LogP contribution is 2.19. The van der Waals surface area contributed by atoms with E-state index in [1.54, 1.807) is 12.4 Å². The van der Waals surface area contributed by atoms with Gasteiger partial charge >= 0.3 is 0 Å². The Kier molecular flexibility index (Phi) is 6.45. The van der Waals surface area contributed by atoms with E-state index in [4.69, 9.17) is 0 Å². The van der Waals surface area contributed by atoms with Gasteiger partial charge in [0.1, 0.15) is 5.82 Å². The molecule has 31 heavy (non-hydrogen) atoms. The van der Waals surface area contributed by atoms with Crippen LogP contribution in [-0.2, 0) is 0 Å². The number of rotatable bonds is 8. The smallest absolute Gasteiger partial charge is 0.251 e. The van der Waals surface area contributed by atoms with E-state index in [0.717, 1.165) is 16.8 Å². The molecule has 0 unspecified atom stereocenters. The zero-order chi connectivity index (χ0) is 21.3. The topological polar surface area (TPSA) is 91.8 Å². The van der Waals surface area contributed by atoms with Crippen molar-refractivity contribution in [1.82, 2.24) is 20.5 Å². The molecule has 0 spiro atoms. The summed E-state index contributed by atoms with van der Waals surface area (Å²) in [4.78, 5) is 16.3. The van der Waals surface area contributed by atoms with E-state index in [9.17, 15) is 4.79 Å². The van der Waals surface area contributed by atoms with Crippen molar-refractivity contribution >= 4 is 23.2 Å². The Morgan fingerprint density at radius 1 is 0.710 bits per heavy atom. The average molecular weight is 410 g/mol. The van der Waals surface area contributed by atoms with Gasteiger partial charge in [-0.3, -0.25) is 9.78 Å². The molecule has 0 aliphatic carbocycles. The summed E-state index contributed by atoms with van der Waals surface area (Å²) < 4.78 is 0. The van der Waals surface area contributed by atoms with Gasteiger partial charge in [-0.25, -0.2) is 0 Å². The van der Waals surface area contributed by atoms with Crippen molar-refractivity contribution in [3.8, 4) is 11.1 Å². The molecule has 4 aromatic rings. The van der Waals surface area contributed by atoms with Crippen LogP contribution in [-0.4, -0.2) is 34.2 Å². The van der Waals surface area contributed by atoms with E-state index in [-0.39, 0.29) is 5.91 Å². The van der Waals surface area contributed by atoms with E-state index < -0.39 is 0 Å². The molecule has 1 amide bonds. The second-order valence-electron chi connectivity index (χ2n) is 6.79. The first-order valence-electron chi connectivity index (χ1n) is 9.96. The Balaban J connectivity index is 1.22. The van der Waals surface area contributed by atoms with Crippen LogP contribution in [0.4, 0.5) is 17.3 Å². The van der Waals surface area contributed by atoms with Gasteiger partial charge in [0.05, 0.1) is 0 Å². The second-order valence-corrected chi connectivity index (χ2v) is 6.79. The number of amides is 1.